The van der Waals surface area contributed by atoms with Crippen LogP contribution in [0.15, 0.2) is 64.7 Å². The number of hydrogen-bond donors (Lipinski definition) is 1. The molecule has 0 bridgehead atoms. The highest BCUT2D eigenvalue weighted by molar-refractivity contribution is 7.99. The van der Waals surface area contributed by atoms with Crippen molar-refractivity contribution in [3.05, 3.63) is 66.2 Å². The fraction of sp³-hybridized carbons (Fsp3) is 0.208. The Morgan fingerprint density at radius 1 is 1.22 bits per heavy atom. The van der Waals surface area contributed by atoms with Gasteiger partial charge in [-0.2, -0.15) is 0 Å². The van der Waals surface area contributed by atoms with Crippen LogP contribution in [0.1, 0.15) is 11.1 Å². The van der Waals surface area contributed by atoms with Crippen LogP contribution in [0.2, 0.25) is 0 Å². The van der Waals surface area contributed by atoms with Gasteiger partial charge in [0.1, 0.15) is 0 Å². The minimum Gasteiger partial charge on any atom is -0.493 e. The number of allylic oxidation sites excluding steroid dienone is 1. The molecule has 0 saturated heterocycles. The molecule has 1 N–H and O–H groups in total. The zero-order chi connectivity index (χ0) is 22.7. The van der Waals surface area contributed by atoms with Gasteiger partial charge in [0.25, 0.3) is 0 Å². The summed E-state index contributed by atoms with van der Waals surface area (Å²) in [6, 6.07) is 13.5. The zero-order valence-electron chi connectivity index (χ0n) is 18.2. The molecular weight excluding hydrogens is 424 g/mol. The first-order valence-electron chi connectivity index (χ1n) is 10.1. The van der Waals surface area contributed by atoms with Gasteiger partial charge < -0.3 is 14.5 Å². The van der Waals surface area contributed by atoms with Gasteiger partial charge >= 0.3 is 0 Å². The van der Waals surface area contributed by atoms with Gasteiger partial charge in [0, 0.05) is 17.6 Å². The largest absolute Gasteiger partial charge is 0.493 e. The van der Waals surface area contributed by atoms with Crippen LogP contribution in [-0.4, -0.2) is 33.5 Å². The van der Waals surface area contributed by atoms with E-state index in [1.165, 1.54) is 11.8 Å². The number of thioether (sulfide) groups is 1. The number of anilines is 1. The minimum atomic E-state index is -0.101. The van der Waals surface area contributed by atoms with Gasteiger partial charge in [0.05, 0.1) is 12.9 Å². The Labute approximate surface area is 190 Å². The molecule has 0 aliphatic rings. The molecule has 32 heavy (non-hydrogen) atoms. The fourth-order valence-corrected chi connectivity index (χ4v) is 4.24. The van der Waals surface area contributed by atoms with E-state index >= 15 is 0 Å². The van der Waals surface area contributed by atoms with Crippen LogP contribution in [-0.2, 0) is 11.3 Å². The molecule has 0 fully saturated rings. The monoisotopic (exact) mass is 448 g/mol. The summed E-state index contributed by atoms with van der Waals surface area (Å²) in [4.78, 5) is 12.6. The molecule has 0 unspecified atom stereocenters. The summed E-state index contributed by atoms with van der Waals surface area (Å²) in [5, 5.41) is 13.1. The summed E-state index contributed by atoms with van der Waals surface area (Å²) < 4.78 is 13.3. The molecule has 0 atom stereocenters. The second kappa shape index (κ2) is 9.32. The maximum absolute atomic E-state index is 12.6. The third kappa shape index (κ3) is 4.27. The third-order valence-electron chi connectivity index (χ3n) is 5.05. The number of fused-ring (bicyclic) bond motifs is 1. The lowest BCUT2D eigenvalue weighted by molar-refractivity contribution is -0.113. The highest BCUT2D eigenvalue weighted by Crippen LogP contribution is 2.34. The summed E-state index contributed by atoms with van der Waals surface area (Å²) in [5.41, 5.74) is 3.56. The van der Waals surface area contributed by atoms with Gasteiger partial charge in [-0.3, -0.25) is 9.36 Å². The summed E-state index contributed by atoms with van der Waals surface area (Å²) in [6.07, 6.45) is 1.76. The number of para-hydroxylation sites is 2. The van der Waals surface area contributed by atoms with Crippen LogP contribution < -0.4 is 10.1 Å². The maximum Gasteiger partial charge on any atom is 0.234 e. The van der Waals surface area contributed by atoms with Crippen LogP contribution in [0.3, 0.4) is 0 Å². The predicted octanol–water partition coefficient (Wildman–Crippen LogP) is 5.23. The topological polar surface area (TPSA) is 82.2 Å². The summed E-state index contributed by atoms with van der Waals surface area (Å²) >= 11 is 1.32. The molecule has 2 heterocycles. The number of rotatable bonds is 8. The van der Waals surface area contributed by atoms with E-state index in [4.69, 9.17) is 9.15 Å². The number of benzene rings is 2. The van der Waals surface area contributed by atoms with Gasteiger partial charge in [0.15, 0.2) is 22.2 Å². The van der Waals surface area contributed by atoms with Crippen molar-refractivity contribution >= 4 is 34.3 Å². The number of ether oxygens (including phenoxy) is 1. The van der Waals surface area contributed by atoms with Crippen molar-refractivity contribution in [3.8, 4) is 17.3 Å². The second-order valence-corrected chi connectivity index (χ2v) is 8.24. The van der Waals surface area contributed by atoms with Crippen molar-refractivity contribution in [2.75, 3.05) is 18.2 Å². The normalized spacial score (nSPS) is 11.0. The van der Waals surface area contributed by atoms with E-state index in [1.807, 2.05) is 60.9 Å². The highest BCUT2D eigenvalue weighted by Gasteiger charge is 2.19. The number of nitrogens with zero attached hydrogens (tertiary/aromatic N) is 3. The molecule has 4 rings (SSSR count). The van der Waals surface area contributed by atoms with E-state index in [0.717, 1.165) is 22.2 Å². The molecule has 0 saturated carbocycles. The van der Waals surface area contributed by atoms with Gasteiger partial charge in [-0.1, -0.05) is 48.2 Å². The smallest absolute Gasteiger partial charge is 0.234 e. The molecule has 1 amide bonds. The SMILES string of the molecule is C=CCn1c(SCC(=O)Nc2c(C)cccc2C)nnc1-c1cc2cccc(OC)c2o1. The Kier molecular flexibility index (Phi) is 6.32. The van der Waals surface area contributed by atoms with E-state index in [0.29, 0.717) is 34.6 Å². The summed E-state index contributed by atoms with van der Waals surface area (Å²) in [7, 11) is 1.61. The number of methoxy groups -OCH3 is 1. The molecule has 164 valence electrons. The number of carbonyl (C=O) groups excluding carboxylic acids is 1. The Morgan fingerprint density at radius 3 is 2.69 bits per heavy atom. The number of furan rings is 1. The number of amides is 1. The molecule has 0 spiro atoms. The van der Waals surface area contributed by atoms with Crippen LogP contribution in [0.25, 0.3) is 22.6 Å². The Balaban J connectivity index is 1.56. The first kappa shape index (κ1) is 21.7. The standard InChI is InChI=1S/C24H24N4O3S/c1-5-12-28-23(19-13-17-10-7-11-18(30-4)22(17)31-19)26-27-24(28)32-14-20(29)25-21-15(2)8-6-9-16(21)3/h5-11,13H,1,12,14H2,2-4H3,(H,25,29). The van der Waals surface area contributed by atoms with Crippen molar-refractivity contribution in [2.45, 2.75) is 25.5 Å². The average Bonchev–Trinajstić information content (AvgIpc) is 3.39. The fourth-order valence-electron chi connectivity index (χ4n) is 3.50. The van der Waals surface area contributed by atoms with Crippen LogP contribution >= 0.6 is 11.8 Å². The lowest BCUT2D eigenvalue weighted by Gasteiger charge is -2.11. The van der Waals surface area contributed by atoms with Crippen molar-refractivity contribution in [3.63, 3.8) is 0 Å². The van der Waals surface area contributed by atoms with Crippen molar-refractivity contribution in [1.82, 2.24) is 14.8 Å². The highest BCUT2D eigenvalue weighted by atomic mass is 32.2. The average molecular weight is 449 g/mol. The first-order valence-corrected chi connectivity index (χ1v) is 11.1. The van der Waals surface area contributed by atoms with Crippen LogP contribution in [0.5, 0.6) is 5.75 Å². The molecule has 2 aromatic carbocycles. The molecule has 0 aliphatic carbocycles. The number of aryl methyl sites for hydroxylation is 2. The van der Waals surface area contributed by atoms with Gasteiger partial charge in [-0.15, -0.1) is 16.8 Å². The Bertz CT molecular complexity index is 1270. The molecule has 7 nitrogen and oxygen atoms in total. The van der Waals surface area contributed by atoms with E-state index in [9.17, 15) is 4.79 Å². The van der Waals surface area contributed by atoms with Crippen LogP contribution in [0, 0.1) is 13.8 Å². The van der Waals surface area contributed by atoms with E-state index in [-0.39, 0.29) is 11.7 Å². The summed E-state index contributed by atoms with van der Waals surface area (Å²) in [6.45, 7) is 8.27. The molecular formula is C24H24N4O3S. The first-order chi connectivity index (χ1) is 15.5. The van der Waals surface area contributed by atoms with Crippen LogP contribution in [0.4, 0.5) is 5.69 Å². The van der Waals surface area contributed by atoms with Gasteiger partial charge in [0.2, 0.25) is 11.7 Å². The van der Waals surface area contributed by atoms with Gasteiger partial charge in [-0.05, 0) is 37.1 Å². The quantitative estimate of drug-likeness (QED) is 0.293. The van der Waals surface area contributed by atoms with Gasteiger partial charge in [-0.25, -0.2) is 0 Å². The number of carbonyl (C=O) groups is 1. The predicted molar refractivity (Wildman–Crippen MR) is 127 cm³/mol. The van der Waals surface area contributed by atoms with Crippen molar-refractivity contribution in [2.24, 2.45) is 0 Å². The number of hydrogen-bond acceptors (Lipinski definition) is 6. The zero-order valence-corrected chi connectivity index (χ0v) is 19.0. The lowest BCUT2D eigenvalue weighted by atomic mass is 10.1. The second-order valence-electron chi connectivity index (χ2n) is 7.30. The number of aromatic nitrogens is 3. The maximum atomic E-state index is 12.6. The van der Waals surface area contributed by atoms with E-state index in [1.54, 1.807) is 13.2 Å². The number of nitrogens with one attached hydrogen (secondary N) is 1. The molecule has 4 aromatic rings. The van der Waals surface area contributed by atoms with Crippen molar-refractivity contribution in [1.29, 1.82) is 0 Å². The molecule has 0 radical (unpaired) electrons. The Morgan fingerprint density at radius 2 is 1.97 bits per heavy atom. The van der Waals surface area contributed by atoms with E-state index < -0.39 is 0 Å². The minimum absolute atomic E-state index is 0.101. The molecule has 2 aromatic heterocycles. The lowest BCUT2D eigenvalue weighted by Crippen LogP contribution is -2.16. The van der Waals surface area contributed by atoms with Crippen molar-refractivity contribution < 1.29 is 13.9 Å². The third-order valence-corrected chi connectivity index (χ3v) is 6.02. The summed E-state index contributed by atoms with van der Waals surface area (Å²) in [5.74, 6) is 1.90. The molecule has 0 aliphatic heterocycles. The Hall–Kier alpha value is -3.52. The van der Waals surface area contributed by atoms with E-state index in [2.05, 4.69) is 22.1 Å². The molecule has 8 heteroatoms.